The molecule has 2 aromatic heterocycles. The summed E-state index contributed by atoms with van der Waals surface area (Å²) in [6.07, 6.45) is 0. The molecule has 8 heteroatoms. The first-order chi connectivity index (χ1) is 12.1. The molecule has 0 radical (unpaired) electrons. The summed E-state index contributed by atoms with van der Waals surface area (Å²) in [5.41, 5.74) is 1.78. The van der Waals surface area contributed by atoms with Crippen LogP contribution in [0.1, 0.15) is 5.69 Å². The predicted molar refractivity (Wildman–Crippen MR) is 96.0 cm³/mol. The lowest BCUT2D eigenvalue weighted by atomic mass is 10.1. The van der Waals surface area contributed by atoms with Gasteiger partial charge in [0.25, 0.3) is 5.56 Å². The summed E-state index contributed by atoms with van der Waals surface area (Å²) in [4.78, 5) is 24.2. The number of nitrogens with zero attached hydrogens (tertiary/aromatic N) is 3. The van der Waals surface area contributed by atoms with Gasteiger partial charge in [-0.2, -0.15) is 9.47 Å². The Hall–Kier alpha value is -3.00. The van der Waals surface area contributed by atoms with Crippen molar-refractivity contribution in [1.29, 1.82) is 0 Å². The van der Waals surface area contributed by atoms with E-state index in [1.807, 2.05) is 31.2 Å². The van der Waals surface area contributed by atoms with Gasteiger partial charge in [-0.1, -0.05) is 12.1 Å². The van der Waals surface area contributed by atoms with Crippen LogP contribution >= 0.6 is 11.5 Å². The Balaban J connectivity index is 1.84. The fourth-order valence-corrected chi connectivity index (χ4v) is 2.98. The van der Waals surface area contributed by atoms with E-state index in [1.165, 1.54) is 17.6 Å². The van der Waals surface area contributed by atoms with Crippen LogP contribution in [0.2, 0.25) is 0 Å². The summed E-state index contributed by atoms with van der Waals surface area (Å²) in [5.74, 6) is 0.306. The Morgan fingerprint density at radius 2 is 2.08 bits per heavy atom. The van der Waals surface area contributed by atoms with Crippen molar-refractivity contribution in [3.8, 4) is 17.0 Å². The Kier molecular flexibility index (Phi) is 4.90. The van der Waals surface area contributed by atoms with Gasteiger partial charge in [-0.3, -0.25) is 9.59 Å². The molecule has 25 heavy (non-hydrogen) atoms. The lowest BCUT2D eigenvalue weighted by Gasteiger charge is -2.10. The second-order valence-electron chi connectivity index (χ2n) is 5.30. The molecule has 3 rings (SSSR count). The molecule has 0 aliphatic rings. The first-order valence-electron chi connectivity index (χ1n) is 7.51. The van der Waals surface area contributed by atoms with Crippen LogP contribution in [0.5, 0.6) is 5.75 Å². The number of nitrogens with one attached hydrogen (secondary N) is 1. The number of carbonyl (C=O) groups excluding carboxylic acids is 1. The van der Waals surface area contributed by atoms with E-state index in [1.54, 1.807) is 19.2 Å². The average Bonchev–Trinajstić information content (AvgIpc) is 3.01. The molecular formula is C17H16N4O3S. The molecular weight excluding hydrogens is 340 g/mol. The maximum atomic E-state index is 12.2. The van der Waals surface area contributed by atoms with Gasteiger partial charge in [-0.15, -0.1) is 0 Å². The summed E-state index contributed by atoms with van der Waals surface area (Å²) >= 11 is 1.19. The van der Waals surface area contributed by atoms with E-state index in [0.29, 0.717) is 16.4 Å². The summed E-state index contributed by atoms with van der Waals surface area (Å²) < 4.78 is 10.5. The van der Waals surface area contributed by atoms with E-state index in [4.69, 9.17) is 4.74 Å². The quantitative estimate of drug-likeness (QED) is 0.758. The van der Waals surface area contributed by atoms with Crippen molar-refractivity contribution in [2.24, 2.45) is 0 Å². The maximum absolute atomic E-state index is 12.2. The van der Waals surface area contributed by atoms with Gasteiger partial charge >= 0.3 is 0 Å². The standard InChI is InChI=1S/C17H16N4O3S/c1-11-9-16(25-20-11)18-15(22)10-21-17(23)8-7-13(19-21)12-5-3-4-6-14(12)24-2/h3-9H,10H2,1-2H3,(H,18,22). The minimum atomic E-state index is -0.353. The van der Waals surface area contributed by atoms with E-state index in [2.05, 4.69) is 14.8 Å². The fraction of sp³-hybridized carbons (Fsp3) is 0.176. The molecule has 7 nitrogen and oxygen atoms in total. The molecule has 128 valence electrons. The summed E-state index contributed by atoms with van der Waals surface area (Å²) in [7, 11) is 1.57. The predicted octanol–water partition coefficient (Wildman–Crippen LogP) is 2.32. The van der Waals surface area contributed by atoms with Crippen LogP contribution in [0.15, 0.2) is 47.3 Å². The molecule has 1 aromatic carbocycles. The molecule has 0 saturated heterocycles. The van der Waals surface area contributed by atoms with Crippen LogP contribution in [0, 0.1) is 6.92 Å². The number of hydrogen-bond donors (Lipinski definition) is 1. The zero-order valence-electron chi connectivity index (χ0n) is 13.7. The van der Waals surface area contributed by atoms with E-state index in [-0.39, 0.29) is 18.0 Å². The number of aromatic nitrogens is 3. The zero-order valence-corrected chi connectivity index (χ0v) is 14.5. The van der Waals surface area contributed by atoms with Crippen molar-refractivity contribution in [2.75, 3.05) is 12.4 Å². The number of methoxy groups -OCH3 is 1. The highest BCUT2D eigenvalue weighted by Crippen LogP contribution is 2.27. The normalized spacial score (nSPS) is 10.5. The van der Waals surface area contributed by atoms with Crippen LogP contribution in [0.4, 0.5) is 5.00 Å². The van der Waals surface area contributed by atoms with Crippen molar-refractivity contribution in [1.82, 2.24) is 14.2 Å². The zero-order chi connectivity index (χ0) is 17.8. The second-order valence-corrected chi connectivity index (χ2v) is 6.10. The number of para-hydroxylation sites is 1. The molecule has 2 heterocycles. The van der Waals surface area contributed by atoms with Crippen LogP contribution in [-0.2, 0) is 11.3 Å². The number of amides is 1. The van der Waals surface area contributed by atoms with Crippen molar-refractivity contribution in [3.63, 3.8) is 0 Å². The van der Waals surface area contributed by atoms with E-state index < -0.39 is 0 Å². The highest BCUT2D eigenvalue weighted by molar-refractivity contribution is 7.10. The Morgan fingerprint density at radius 1 is 1.28 bits per heavy atom. The molecule has 0 unspecified atom stereocenters. The minimum absolute atomic E-state index is 0.182. The molecule has 0 aliphatic carbocycles. The van der Waals surface area contributed by atoms with Gasteiger partial charge in [0, 0.05) is 11.6 Å². The summed E-state index contributed by atoms with van der Waals surface area (Å²) in [5, 5.41) is 7.64. The van der Waals surface area contributed by atoms with Gasteiger partial charge < -0.3 is 10.1 Å². The summed E-state index contributed by atoms with van der Waals surface area (Å²) in [6.45, 7) is 1.66. The Bertz CT molecular complexity index is 964. The number of benzene rings is 1. The van der Waals surface area contributed by atoms with Gasteiger partial charge in [-0.05, 0) is 42.7 Å². The topological polar surface area (TPSA) is 86.1 Å². The van der Waals surface area contributed by atoms with Crippen LogP contribution < -0.4 is 15.6 Å². The number of rotatable bonds is 5. The minimum Gasteiger partial charge on any atom is -0.496 e. The molecule has 0 bridgehead atoms. The Labute approximate surface area is 148 Å². The van der Waals surface area contributed by atoms with Crippen LogP contribution in [0.3, 0.4) is 0 Å². The highest BCUT2D eigenvalue weighted by atomic mass is 32.1. The lowest BCUT2D eigenvalue weighted by molar-refractivity contribution is -0.116. The molecule has 0 fully saturated rings. The van der Waals surface area contributed by atoms with Gasteiger partial charge in [-0.25, -0.2) is 4.68 Å². The van der Waals surface area contributed by atoms with Crippen molar-refractivity contribution in [3.05, 3.63) is 58.5 Å². The smallest absolute Gasteiger partial charge is 0.267 e. The summed E-state index contributed by atoms with van der Waals surface area (Å²) in [6, 6.07) is 12.1. The van der Waals surface area contributed by atoms with Crippen molar-refractivity contribution >= 4 is 22.4 Å². The monoisotopic (exact) mass is 356 g/mol. The highest BCUT2D eigenvalue weighted by Gasteiger charge is 2.11. The molecule has 0 saturated carbocycles. The number of hydrogen-bond acceptors (Lipinski definition) is 6. The molecule has 0 aliphatic heterocycles. The first kappa shape index (κ1) is 16.8. The second kappa shape index (κ2) is 7.27. The SMILES string of the molecule is COc1ccccc1-c1ccc(=O)n(CC(=O)Nc2cc(C)ns2)n1. The third-order valence-corrected chi connectivity index (χ3v) is 4.23. The van der Waals surface area contributed by atoms with Crippen LogP contribution in [0.25, 0.3) is 11.3 Å². The number of carbonyl (C=O) groups is 1. The van der Waals surface area contributed by atoms with E-state index >= 15 is 0 Å². The third kappa shape index (κ3) is 3.92. The van der Waals surface area contributed by atoms with Gasteiger partial charge in [0.05, 0.1) is 18.5 Å². The molecule has 1 N–H and O–H groups in total. The molecule has 0 atom stereocenters. The average molecular weight is 356 g/mol. The number of ether oxygens (including phenoxy) is 1. The van der Waals surface area contributed by atoms with Crippen molar-refractivity contribution in [2.45, 2.75) is 13.5 Å². The number of aryl methyl sites for hydroxylation is 1. The van der Waals surface area contributed by atoms with E-state index in [0.717, 1.165) is 15.9 Å². The van der Waals surface area contributed by atoms with E-state index in [9.17, 15) is 9.59 Å². The number of anilines is 1. The third-order valence-electron chi connectivity index (χ3n) is 3.43. The first-order valence-corrected chi connectivity index (χ1v) is 8.29. The largest absolute Gasteiger partial charge is 0.496 e. The van der Waals surface area contributed by atoms with Gasteiger partial charge in [0.15, 0.2) is 0 Å². The van der Waals surface area contributed by atoms with Crippen molar-refractivity contribution < 1.29 is 9.53 Å². The maximum Gasteiger partial charge on any atom is 0.267 e. The fourth-order valence-electron chi connectivity index (χ4n) is 2.30. The molecule has 3 aromatic rings. The molecule has 1 amide bonds. The van der Waals surface area contributed by atoms with Gasteiger partial charge in [0.2, 0.25) is 5.91 Å². The lowest BCUT2D eigenvalue weighted by Crippen LogP contribution is -2.29. The Morgan fingerprint density at radius 3 is 2.80 bits per heavy atom. The van der Waals surface area contributed by atoms with Crippen LogP contribution in [-0.4, -0.2) is 27.2 Å². The van der Waals surface area contributed by atoms with Gasteiger partial charge in [0.1, 0.15) is 17.3 Å². The molecule has 0 spiro atoms.